The van der Waals surface area contributed by atoms with Crippen LogP contribution in [0.5, 0.6) is 0 Å². The molecule has 3 nitrogen and oxygen atoms in total. The number of ether oxygens (including phenoxy) is 1. The van der Waals surface area contributed by atoms with Crippen molar-refractivity contribution < 1.29 is 4.74 Å². The van der Waals surface area contributed by atoms with Gasteiger partial charge in [-0.25, -0.2) is 0 Å². The summed E-state index contributed by atoms with van der Waals surface area (Å²) < 4.78 is 6.12. The fourth-order valence-corrected chi connectivity index (χ4v) is 4.00. The van der Waals surface area contributed by atoms with E-state index in [0.29, 0.717) is 5.92 Å². The van der Waals surface area contributed by atoms with Gasteiger partial charge in [-0.2, -0.15) is 0 Å². The number of fused-ring (bicyclic) bond motifs is 2. The van der Waals surface area contributed by atoms with Gasteiger partial charge in [-0.3, -0.25) is 9.98 Å². The van der Waals surface area contributed by atoms with Crippen molar-refractivity contribution in [2.45, 2.75) is 25.7 Å². The maximum absolute atomic E-state index is 6.12. The third-order valence-corrected chi connectivity index (χ3v) is 5.31. The number of rotatable bonds is 2. The Balaban J connectivity index is 1.44. The van der Waals surface area contributed by atoms with Crippen LogP contribution in [0, 0.1) is 17.8 Å². The minimum absolute atomic E-state index is 0.507. The Kier molecular flexibility index (Phi) is 3.00. The van der Waals surface area contributed by atoms with Crippen LogP contribution in [-0.4, -0.2) is 17.2 Å². The summed E-state index contributed by atoms with van der Waals surface area (Å²) in [6.45, 7) is 0.901. The van der Waals surface area contributed by atoms with Crippen LogP contribution in [0.25, 0.3) is 0 Å². The third kappa shape index (κ3) is 2.44. The van der Waals surface area contributed by atoms with Gasteiger partial charge in [0, 0.05) is 30.4 Å². The van der Waals surface area contributed by atoms with Crippen molar-refractivity contribution in [3.05, 3.63) is 65.4 Å². The van der Waals surface area contributed by atoms with Crippen molar-refractivity contribution in [2.75, 3.05) is 6.54 Å². The zero-order chi connectivity index (χ0) is 15.2. The number of aromatic nitrogens is 1. The van der Waals surface area contributed by atoms with E-state index in [0.717, 1.165) is 48.3 Å². The molecule has 2 aliphatic heterocycles. The molecule has 0 saturated heterocycles. The predicted octanol–water partition coefficient (Wildman–Crippen LogP) is 4.04. The second-order valence-corrected chi connectivity index (χ2v) is 6.99. The summed E-state index contributed by atoms with van der Waals surface area (Å²) in [5.41, 5.74) is 3.47. The van der Waals surface area contributed by atoms with Gasteiger partial charge in [0.15, 0.2) is 0 Å². The number of hydrogen-bond acceptors (Lipinski definition) is 3. The van der Waals surface area contributed by atoms with E-state index >= 15 is 0 Å². The number of aliphatic imine (C=N–C) groups is 1. The summed E-state index contributed by atoms with van der Waals surface area (Å²) >= 11 is 0. The Bertz CT molecular complexity index is 757. The molecule has 0 radical (unpaired) electrons. The normalized spacial score (nSPS) is 33.1. The van der Waals surface area contributed by atoms with E-state index < -0.39 is 0 Å². The molecule has 116 valence electrons. The Labute approximate surface area is 136 Å². The minimum atomic E-state index is 0.507. The Morgan fingerprint density at radius 1 is 1.22 bits per heavy atom. The molecular weight excluding hydrogens is 284 g/mol. The van der Waals surface area contributed by atoms with Gasteiger partial charge in [-0.1, -0.05) is 0 Å². The monoisotopic (exact) mass is 304 g/mol. The van der Waals surface area contributed by atoms with E-state index in [1.165, 1.54) is 24.2 Å². The number of nitrogens with zero attached hydrogens (tertiary/aromatic N) is 2. The van der Waals surface area contributed by atoms with Crippen molar-refractivity contribution >= 4 is 5.71 Å². The SMILES string of the molecule is C1=C(/C=C2\CCCN=C2c2cccnc2)OC2=CC3CC3CC12. The zero-order valence-corrected chi connectivity index (χ0v) is 13.1. The standard InChI is InChI=1S/C20H20N2O/c1-4-14(12-21-5-1)20-13(3-2-6-22-20)9-18-10-17-8-15-7-16(15)11-19(17)23-18/h1,4-5,9-12,15-17H,2-3,6-8H2/b13-9+. The lowest BCUT2D eigenvalue weighted by molar-refractivity contribution is 0.299. The quantitative estimate of drug-likeness (QED) is 0.826. The average molecular weight is 304 g/mol. The third-order valence-electron chi connectivity index (χ3n) is 5.31. The van der Waals surface area contributed by atoms with Crippen molar-refractivity contribution in [3.8, 4) is 0 Å². The lowest BCUT2D eigenvalue weighted by atomic mass is 9.93. The summed E-state index contributed by atoms with van der Waals surface area (Å²) in [6, 6.07) is 4.06. The van der Waals surface area contributed by atoms with Gasteiger partial charge in [0.1, 0.15) is 11.5 Å². The van der Waals surface area contributed by atoms with Crippen LogP contribution in [0.2, 0.25) is 0 Å². The van der Waals surface area contributed by atoms with Gasteiger partial charge >= 0.3 is 0 Å². The molecule has 5 rings (SSSR count). The smallest absolute Gasteiger partial charge is 0.124 e. The Hall–Kier alpha value is -2.16. The molecule has 2 aliphatic carbocycles. The van der Waals surface area contributed by atoms with Gasteiger partial charge in [0.05, 0.1) is 5.71 Å². The Morgan fingerprint density at radius 2 is 2.22 bits per heavy atom. The first kappa shape index (κ1) is 13.3. The highest BCUT2D eigenvalue weighted by Crippen LogP contribution is 2.52. The first-order valence-corrected chi connectivity index (χ1v) is 8.64. The fourth-order valence-electron chi connectivity index (χ4n) is 4.00. The van der Waals surface area contributed by atoms with E-state index in [-0.39, 0.29) is 0 Å². The summed E-state index contributed by atoms with van der Waals surface area (Å²) in [5.74, 6) is 4.41. The molecular formula is C20H20N2O. The molecule has 23 heavy (non-hydrogen) atoms. The first-order chi connectivity index (χ1) is 11.4. The summed E-state index contributed by atoms with van der Waals surface area (Å²) in [7, 11) is 0. The second-order valence-electron chi connectivity index (χ2n) is 6.99. The lowest BCUT2D eigenvalue weighted by Gasteiger charge is -2.16. The first-order valence-electron chi connectivity index (χ1n) is 8.64. The molecule has 0 amide bonds. The van der Waals surface area contributed by atoms with Crippen LogP contribution in [0.4, 0.5) is 0 Å². The minimum Gasteiger partial charge on any atom is -0.462 e. The van der Waals surface area contributed by atoms with Crippen molar-refractivity contribution in [3.63, 3.8) is 0 Å². The molecule has 1 saturated carbocycles. The number of allylic oxidation sites excluding steroid dienone is 4. The summed E-state index contributed by atoms with van der Waals surface area (Å²) in [4.78, 5) is 8.98. The van der Waals surface area contributed by atoms with Crippen molar-refractivity contribution in [1.29, 1.82) is 0 Å². The molecule has 1 aromatic heterocycles. The molecule has 0 aromatic carbocycles. The van der Waals surface area contributed by atoms with Gasteiger partial charge in [-0.15, -0.1) is 0 Å². The van der Waals surface area contributed by atoms with Crippen LogP contribution < -0.4 is 0 Å². The van der Waals surface area contributed by atoms with Crippen LogP contribution in [0.15, 0.2) is 64.8 Å². The maximum atomic E-state index is 6.12. The van der Waals surface area contributed by atoms with E-state index in [1.54, 1.807) is 6.20 Å². The van der Waals surface area contributed by atoms with Crippen LogP contribution >= 0.6 is 0 Å². The molecule has 1 aromatic rings. The zero-order valence-electron chi connectivity index (χ0n) is 13.1. The predicted molar refractivity (Wildman–Crippen MR) is 89.9 cm³/mol. The molecule has 0 bridgehead atoms. The molecule has 0 N–H and O–H groups in total. The molecule has 4 aliphatic rings. The second kappa shape index (κ2) is 5.19. The molecule has 3 unspecified atom stereocenters. The van der Waals surface area contributed by atoms with Crippen molar-refractivity contribution in [1.82, 2.24) is 4.98 Å². The summed E-state index contributed by atoms with van der Waals surface area (Å²) in [5, 5.41) is 0. The largest absolute Gasteiger partial charge is 0.462 e. The van der Waals surface area contributed by atoms with E-state index in [2.05, 4.69) is 29.3 Å². The molecule has 1 fully saturated rings. The Morgan fingerprint density at radius 3 is 3.13 bits per heavy atom. The number of pyridine rings is 1. The fraction of sp³-hybridized carbons (Fsp3) is 0.400. The van der Waals surface area contributed by atoms with Crippen LogP contribution in [-0.2, 0) is 4.74 Å². The highest BCUT2D eigenvalue weighted by atomic mass is 16.5. The summed E-state index contributed by atoms with van der Waals surface area (Å²) in [6.07, 6.45) is 15.4. The molecule has 3 heterocycles. The maximum Gasteiger partial charge on any atom is 0.124 e. The van der Waals surface area contributed by atoms with E-state index in [4.69, 9.17) is 9.73 Å². The molecule has 3 heteroatoms. The number of hydrogen-bond donors (Lipinski definition) is 0. The van der Waals surface area contributed by atoms with Crippen molar-refractivity contribution in [2.24, 2.45) is 22.7 Å². The topological polar surface area (TPSA) is 34.5 Å². The van der Waals surface area contributed by atoms with E-state index in [1.807, 2.05) is 12.3 Å². The lowest BCUT2D eigenvalue weighted by Crippen LogP contribution is -2.12. The van der Waals surface area contributed by atoms with Crippen LogP contribution in [0.1, 0.15) is 31.2 Å². The van der Waals surface area contributed by atoms with Gasteiger partial charge in [0.25, 0.3) is 0 Å². The highest BCUT2D eigenvalue weighted by Gasteiger charge is 2.43. The highest BCUT2D eigenvalue weighted by molar-refractivity contribution is 6.13. The van der Waals surface area contributed by atoms with Gasteiger partial charge < -0.3 is 4.74 Å². The molecule has 0 spiro atoms. The van der Waals surface area contributed by atoms with Gasteiger partial charge in [-0.05, 0) is 73.5 Å². The average Bonchev–Trinajstić information content (AvgIpc) is 3.23. The van der Waals surface area contributed by atoms with E-state index in [9.17, 15) is 0 Å². The molecule has 3 atom stereocenters. The van der Waals surface area contributed by atoms with Crippen LogP contribution in [0.3, 0.4) is 0 Å². The van der Waals surface area contributed by atoms with Gasteiger partial charge in [0.2, 0.25) is 0 Å².